The van der Waals surface area contributed by atoms with Crippen molar-refractivity contribution in [2.45, 2.75) is 25.7 Å². The molecule has 0 bridgehead atoms. The summed E-state index contributed by atoms with van der Waals surface area (Å²) in [5.41, 5.74) is 6.81. The van der Waals surface area contributed by atoms with E-state index in [1.807, 2.05) is 51.1 Å². The predicted octanol–water partition coefficient (Wildman–Crippen LogP) is 4.66. The first-order chi connectivity index (χ1) is 18.6. The number of hydrogen-bond acceptors (Lipinski definition) is 6. The number of para-hydroxylation sites is 3. The lowest BCUT2D eigenvalue weighted by atomic mass is 10.2. The van der Waals surface area contributed by atoms with Gasteiger partial charge in [-0.2, -0.15) is 5.10 Å². The Morgan fingerprint density at radius 3 is 2.33 bits per heavy atom. The quantitative estimate of drug-likeness (QED) is 0.186. The minimum Gasteiger partial charge on any atom is -0.318 e. The highest BCUT2D eigenvalue weighted by Gasteiger charge is 2.33. The number of benzene rings is 3. The molecule has 1 heterocycles. The van der Waals surface area contributed by atoms with E-state index in [0.29, 0.717) is 0 Å². The molecule has 11 heteroatoms. The molecule has 0 fully saturated rings. The Labute approximate surface area is 226 Å². The second kappa shape index (κ2) is 11.3. The number of nitrogens with one attached hydrogen (secondary N) is 1. The summed E-state index contributed by atoms with van der Waals surface area (Å²) in [6.45, 7) is 5.30. The first-order valence-corrected chi connectivity index (χ1v) is 13.4. The van der Waals surface area contributed by atoms with E-state index in [4.69, 9.17) is 0 Å². The Hall–Kier alpha value is -4.77. The number of nitro benzene ring substituents is 1. The molecule has 0 aliphatic rings. The predicted molar refractivity (Wildman–Crippen MR) is 150 cm³/mol. The van der Waals surface area contributed by atoms with Crippen LogP contribution in [0.15, 0.2) is 94.9 Å². The zero-order valence-corrected chi connectivity index (χ0v) is 22.4. The van der Waals surface area contributed by atoms with Crippen molar-refractivity contribution in [2.24, 2.45) is 5.10 Å². The number of amides is 1. The summed E-state index contributed by atoms with van der Waals surface area (Å²) in [6.07, 6.45) is 1.50. The van der Waals surface area contributed by atoms with Gasteiger partial charge in [-0.15, -0.1) is 0 Å². The second-order valence-corrected chi connectivity index (χ2v) is 10.6. The first-order valence-electron chi connectivity index (χ1n) is 12.0. The monoisotopic (exact) mass is 545 g/mol. The lowest BCUT2D eigenvalue weighted by Crippen LogP contribution is -2.39. The van der Waals surface area contributed by atoms with Crippen LogP contribution in [0.3, 0.4) is 0 Å². The summed E-state index contributed by atoms with van der Waals surface area (Å²) in [7, 11) is -4.47. The van der Waals surface area contributed by atoms with Crippen molar-refractivity contribution in [3.63, 3.8) is 0 Å². The molecule has 0 saturated heterocycles. The van der Waals surface area contributed by atoms with Crippen molar-refractivity contribution in [3.05, 3.63) is 118 Å². The number of rotatable bonds is 9. The Balaban J connectivity index is 1.58. The van der Waals surface area contributed by atoms with Gasteiger partial charge in [-0.25, -0.2) is 13.8 Å². The van der Waals surface area contributed by atoms with Gasteiger partial charge in [0.15, 0.2) is 4.90 Å². The van der Waals surface area contributed by atoms with E-state index >= 15 is 0 Å². The maximum Gasteiger partial charge on any atom is 0.289 e. The van der Waals surface area contributed by atoms with E-state index < -0.39 is 38.0 Å². The maximum absolute atomic E-state index is 13.5. The Bertz CT molecular complexity index is 1660. The number of carbonyl (C=O) groups is 1. The van der Waals surface area contributed by atoms with Crippen LogP contribution in [-0.2, 0) is 14.8 Å². The Kier molecular flexibility index (Phi) is 7.91. The molecule has 0 aliphatic carbocycles. The molecule has 1 amide bonds. The molecule has 1 N–H and O–H groups in total. The third-order valence-corrected chi connectivity index (χ3v) is 8.00. The van der Waals surface area contributed by atoms with Crippen molar-refractivity contribution in [1.29, 1.82) is 0 Å². The SMILES string of the molecule is Cc1ccccc1-n1c(C)cc(/C=N\NC(=O)CN(c2ccccc2)S(=O)(=O)c2ccccc2[N+](=O)[O-])c1C. The molecule has 39 heavy (non-hydrogen) atoms. The van der Waals surface area contributed by atoms with E-state index in [9.17, 15) is 23.3 Å². The maximum atomic E-state index is 13.5. The van der Waals surface area contributed by atoms with Crippen molar-refractivity contribution >= 4 is 33.5 Å². The molecule has 0 unspecified atom stereocenters. The molecular formula is C28H27N5O5S. The normalized spacial score (nSPS) is 11.5. The third kappa shape index (κ3) is 5.73. The van der Waals surface area contributed by atoms with Gasteiger partial charge >= 0.3 is 0 Å². The minimum atomic E-state index is -4.47. The van der Waals surface area contributed by atoms with Gasteiger partial charge in [0.25, 0.3) is 21.6 Å². The molecule has 0 radical (unpaired) electrons. The van der Waals surface area contributed by atoms with Gasteiger partial charge < -0.3 is 4.57 Å². The molecule has 4 aromatic rings. The van der Waals surface area contributed by atoms with Gasteiger partial charge in [0.1, 0.15) is 6.54 Å². The fourth-order valence-electron chi connectivity index (χ4n) is 4.30. The molecular weight excluding hydrogens is 518 g/mol. The zero-order valence-electron chi connectivity index (χ0n) is 21.6. The van der Waals surface area contributed by atoms with E-state index in [1.54, 1.807) is 18.2 Å². The van der Waals surface area contributed by atoms with Crippen molar-refractivity contribution in [2.75, 3.05) is 10.8 Å². The van der Waals surface area contributed by atoms with E-state index in [2.05, 4.69) is 15.1 Å². The number of nitrogens with zero attached hydrogens (tertiary/aromatic N) is 4. The van der Waals surface area contributed by atoms with Gasteiger partial charge in [0.05, 0.1) is 16.8 Å². The summed E-state index contributed by atoms with van der Waals surface area (Å²) >= 11 is 0. The van der Waals surface area contributed by atoms with Crippen LogP contribution in [0, 0.1) is 30.9 Å². The fraction of sp³-hybridized carbons (Fsp3) is 0.143. The van der Waals surface area contributed by atoms with E-state index in [0.717, 1.165) is 44.6 Å². The standard InChI is InChI=1S/C28H27N5O5S/c1-20-11-7-8-14-25(20)32-21(2)17-23(22(32)3)18-29-30-28(34)19-31(24-12-5-4-6-13-24)39(37,38)27-16-10-9-15-26(27)33(35)36/h4-18H,19H2,1-3H3,(H,30,34)/b29-18-. The van der Waals surface area contributed by atoms with Crippen LogP contribution in [0.2, 0.25) is 0 Å². The highest BCUT2D eigenvalue weighted by Crippen LogP contribution is 2.29. The molecule has 0 saturated carbocycles. The van der Waals surface area contributed by atoms with Gasteiger partial charge in [-0.3, -0.25) is 19.2 Å². The molecule has 200 valence electrons. The number of aromatic nitrogens is 1. The van der Waals surface area contributed by atoms with Crippen molar-refractivity contribution in [3.8, 4) is 5.69 Å². The molecule has 4 rings (SSSR count). The number of nitro groups is 1. The van der Waals surface area contributed by atoms with Crippen molar-refractivity contribution < 1.29 is 18.1 Å². The number of aryl methyl sites for hydroxylation is 2. The van der Waals surface area contributed by atoms with Gasteiger partial charge in [0.2, 0.25) is 0 Å². The van der Waals surface area contributed by atoms with Crippen LogP contribution in [0.1, 0.15) is 22.5 Å². The molecule has 0 spiro atoms. The summed E-state index contributed by atoms with van der Waals surface area (Å²) in [5.74, 6) is -0.718. The highest BCUT2D eigenvalue weighted by molar-refractivity contribution is 7.93. The van der Waals surface area contributed by atoms with Gasteiger partial charge in [-0.05, 0) is 56.7 Å². The topological polar surface area (TPSA) is 127 Å². The lowest BCUT2D eigenvalue weighted by Gasteiger charge is -2.23. The van der Waals surface area contributed by atoms with Crippen LogP contribution in [0.25, 0.3) is 5.69 Å². The van der Waals surface area contributed by atoms with Crippen LogP contribution in [0.4, 0.5) is 11.4 Å². The Morgan fingerprint density at radius 1 is 1.00 bits per heavy atom. The van der Waals surface area contributed by atoms with Crippen LogP contribution >= 0.6 is 0 Å². The average Bonchev–Trinajstić information content (AvgIpc) is 3.20. The minimum absolute atomic E-state index is 0.177. The summed E-state index contributed by atoms with van der Waals surface area (Å²) in [6, 6.07) is 22.9. The second-order valence-electron chi connectivity index (χ2n) is 8.81. The molecule has 3 aromatic carbocycles. The summed E-state index contributed by atoms with van der Waals surface area (Å²) < 4.78 is 30.0. The molecule has 0 atom stereocenters. The number of anilines is 1. The summed E-state index contributed by atoms with van der Waals surface area (Å²) in [4.78, 5) is 23.1. The number of carbonyl (C=O) groups excluding carboxylic acids is 1. The van der Waals surface area contributed by atoms with E-state index in [1.165, 1.54) is 30.5 Å². The van der Waals surface area contributed by atoms with Gasteiger partial charge in [0, 0.05) is 28.7 Å². The first kappa shape index (κ1) is 27.3. The lowest BCUT2D eigenvalue weighted by molar-refractivity contribution is -0.387. The smallest absolute Gasteiger partial charge is 0.289 e. The van der Waals surface area contributed by atoms with E-state index in [-0.39, 0.29) is 5.69 Å². The van der Waals surface area contributed by atoms with Crippen LogP contribution < -0.4 is 9.73 Å². The largest absolute Gasteiger partial charge is 0.318 e. The number of sulfonamides is 1. The third-order valence-electron chi connectivity index (χ3n) is 6.18. The fourth-order valence-corrected chi connectivity index (χ4v) is 5.88. The molecule has 0 aliphatic heterocycles. The zero-order chi connectivity index (χ0) is 28.2. The number of hydrazone groups is 1. The highest BCUT2D eigenvalue weighted by atomic mass is 32.2. The van der Waals surface area contributed by atoms with Crippen LogP contribution in [-0.4, -0.2) is 36.6 Å². The number of hydrogen-bond donors (Lipinski definition) is 1. The molecule has 1 aromatic heterocycles. The van der Waals surface area contributed by atoms with Crippen LogP contribution in [0.5, 0.6) is 0 Å². The van der Waals surface area contributed by atoms with Gasteiger partial charge in [-0.1, -0.05) is 48.5 Å². The molecule has 10 nitrogen and oxygen atoms in total. The van der Waals surface area contributed by atoms with Crippen molar-refractivity contribution in [1.82, 2.24) is 9.99 Å². The summed E-state index contributed by atoms with van der Waals surface area (Å²) in [5, 5.41) is 15.6. The Morgan fingerprint density at radius 2 is 1.64 bits per heavy atom. The average molecular weight is 546 g/mol.